The lowest BCUT2D eigenvalue weighted by Crippen LogP contribution is -2.47. The first-order valence-corrected chi connectivity index (χ1v) is 6.23. The molecule has 1 aliphatic rings. The SMILES string of the molecule is CCCC(C)C(CN)N1CCCCC1. The predicted molar refractivity (Wildman–Crippen MR) is 62.3 cm³/mol. The molecule has 0 saturated carbocycles. The fourth-order valence-electron chi connectivity index (χ4n) is 2.64. The number of hydrogen-bond acceptors (Lipinski definition) is 2. The Balaban J connectivity index is 2.41. The van der Waals surface area contributed by atoms with E-state index in [1.165, 1.54) is 45.2 Å². The van der Waals surface area contributed by atoms with Crippen LogP contribution in [0.15, 0.2) is 0 Å². The Morgan fingerprint density at radius 2 is 1.86 bits per heavy atom. The largest absolute Gasteiger partial charge is 0.329 e. The minimum atomic E-state index is 0.634. The van der Waals surface area contributed by atoms with E-state index in [9.17, 15) is 0 Å². The summed E-state index contributed by atoms with van der Waals surface area (Å²) in [5, 5.41) is 0. The fraction of sp³-hybridized carbons (Fsp3) is 1.00. The van der Waals surface area contributed by atoms with Crippen LogP contribution in [0.4, 0.5) is 0 Å². The second-order valence-corrected chi connectivity index (χ2v) is 4.67. The van der Waals surface area contributed by atoms with E-state index in [-0.39, 0.29) is 0 Å². The van der Waals surface area contributed by atoms with Crippen LogP contribution in [0.1, 0.15) is 46.0 Å². The van der Waals surface area contributed by atoms with Gasteiger partial charge in [0.2, 0.25) is 0 Å². The Labute approximate surface area is 88.8 Å². The van der Waals surface area contributed by atoms with Crippen LogP contribution in [-0.4, -0.2) is 30.6 Å². The molecule has 0 radical (unpaired) electrons. The molecule has 2 atom stereocenters. The number of hydrogen-bond donors (Lipinski definition) is 1. The average molecular weight is 198 g/mol. The molecule has 2 heteroatoms. The van der Waals surface area contributed by atoms with Crippen LogP contribution in [0.3, 0.4) is 0 Å². The van der Waals surface area contributed by atoms with Gasteiger partial charge in [-0.15, -0.1) is 0 Å². The Kier molecular flexibility index (Phi) is 5.49. The highest BCUT2D eigenvalue weighted by Gasteiger charge is 2.23. The van der Waals surface area contributed by atoms with E-state index >= 15 is 0 Å². The molecular formula is C12H26N2. The quantitative estimate of drug-likeness (QED) is 0.734. The van der Waals surface area contributed by atoms with Crippen LogP contribution in [0, 0.1) is 5.92 Å². The normalized spacial score (nSPS) is 23.4. The molecule has 2 nitrogen and oxygen atoms in total. The molecule has 1 saturated heterocycles. The number of nitrogens with zero attached hydrogens (tertiary/aromatic N) is 1. The van der Waals surface area contributed by atoms with Crippen molar-refractivity contribution in [1.82, 2.24) is 4.90 Å². The van der Waals surface area contributed by atoms with Crippen molar-refractivity contribution >= 4 is 0 Å². The third kappa shape index (κ3) is 3.25. The van der Waals surface area contributed by atoms with Crippen molar-refractivity contribution in [1.29, 1.82) is 0 Å². The molecule has 0 aromatic rings. The van der Waals surface area contributed by atoms with E-state index in [0.29, 0.717) is 6.04 Å². The van der Waals surface area contributed by atoms with Gasteiger partial charge in [-0.05, 0) is 38.3 Å². The maximum absolute atomic E-state index is 5.89. The summed E-state index contributed by atoms with van der Waals surface area (Å²) in [6.07, 6.45) is 6.75. The summed E-state index contributed by atoms with van der Waals surface area (Å²) in [5.41, 5.74) is 5.89. The molecule has 84 valence electrons. The standard InChI is InChI=1S/C12H26N2/c1-3-7-11(2)12(10-13)14-8-5-4-6-9-14/h11-12H,3-10,13H2,1-2H3. The molecule has 0 amide bonds. The molecular weight excluding hydrogens is 172 g/mol. The van der Waals surface area contributed by atoms with Crippen LogP contribution in [0.2, 0.25) is 0 Å². The Bertz CT molecular complexity index is 141. The third-order valence-electron chi connectivity index (χ3n) is 3.50. The third-order valence-corrected chi connectivity index (χ3v) is 3.50. The smallest absolute Gasteiger partial charge is 0.0243 e. The molecule has 1 rings (SSSR count). The summed E-state index contributed by atoms with van der Waals surface area (Å²) in [4.78, 5) is 2.61. The number of nitrogens with two attached hydrogens (primary N) is 1. The zero-order chi connectivity index (χ0) is 10.4. The number of likely N-dealkylation sites (tertiary alicyclic amines) is 1. The Morgan fingerprint density at radius 3 is 2.36 bits per heavy atom. The van der Waals surface area contributed by atoms with Crippen molar-refractivity contribution in [2.75, 3.05) is 19.6 Å². The maximum Gasteiger partial charge on any atom is 0.0243 e. The average Bonchev–Trinajstić information content (AvgIpc) is 2.21. The summed E-state index contributed by atoms with van der Waals surface area (Å²) >= 11 is 0. The molecule has 1 fully saturated rings. The van der Waals surface area contributed by atoms with Gasteiger partial charge in [0.15, 0.2) is 0 Å². The van der Waals surface area contributed by atoms with E-state index in [0.717, 1.165) is 12.5 Å². The highest BCUT2D eigenvalue weighted by Crippen LogP contribution is 2.19. The summed E-state index contributed by atoms with van der Waals surface area (Å²) in [6.45, 7) is 8.00. The molecule has 0 aromatic heterocycles. The molecule has 2 unspecified atom stereocenters. The highest BCUT2D eigenvalue weighted by molar-refractivity contribution is 4.79. The van der Waals surface area contributed by atoms with Gasteiger partial charge in [0.25, 0.3) is 0 Å². The first kappa shape index (κ1) is 12.0. The van der Waals surface area contributed by atoms with E-state index in [4.69, 9.17) is 5.73 Å². The zero-order valence-corrected chi connectivity index (χ0v) is 9.84. The second kappa shape index (κ2) is 6.41. The molecule has 0 aliphatic carbocycles. The molecule has 0 aromatic carbocycles. The van der Waals surface area contributed by atoms with Gasteiger partial charge in [0.1, 0.15) is 0 Å². The van der Waals surface area contributed by atoms with Crippen molar-refractivity contribution < 1.29 is 0 Å². The fourth-order valence-corrected chi connectivity index (χ4v) is 2.64. The molecule has 14 heavy (non-hydrogen) atoms. The van der Waals surface area contributed by atoms with Crippen LogP contribution in [0.25, 0.3) is 0 Å². The molecule has 1 aliphatic heterocycles. The van der Waals surface area contributed by atoms with Gasteiger partial charge in [-0.3, -0.25) is 4.90 Å². The number of rotatable bonds is 5. The summed E-state index contributed by atoms with van der Waals surface area (Å²) < 4.78 is 0. The zero-order valence-electron chi connectivity index (χ0n) is 9.84. The Hall–Kier alpha value is -0.0800. The van der Waals surface area contributed by atoms with Gasteiger partial charge < -0.3 is 5.73 Å². The van der Waals surface area contributed by atoms with Crippen molar-refractivity contribution in [2.45, 2.75) is 52.0 Å². The van der Waals surface area contributed by atoms with Crippen LogP contribution >= 0.6 is 0 Å². The lowest BCUT2D eigenvalue weighted by molar-refractivity contribution is 0.123. The first-order chi connectivity index (χ1) is 6.79. The minimum absolute atomic E-state index is 0.634. The van der Waals surface area contributed by atoms with Crippen molar-refractivity contribution in [2.24, 2.45) is 11.7 Å². The summed E-state index contributed by atoms with van der Waals surface area (Å²) in [5.74, 6) is 0.767. The van der Waals surface area contributed by atoms with Gasteiger partial charge in [-0.1, -0.05) is 26.7 Å². The van der Waals surface area contributed by atoms with Crippen LogP contribution in [0.5, 0.6) is 0 Å². The van der Waals surface area contributed by atoms with Gasteiger partial charge in [0.05, 0.1) is 0 Å². The van der Waals surface area contributed by atoms with Crippen molar-refractivity contribution in [3.05, 3.63) is 0 Å². The highest BCUT2D eigenvalue weighted by atomic mass is 15.2. The topological polar surface area (TPSA) is 29.3 Å². The molecule has 2 N–H and O–H groups in total. The van der Waals surface area contributed by atoms with Gasteiger partial charge >= 0.3 is 0 Å². The summed E-state index contributed by atoms with van der Waals surface area (Å²) in [6, 6.07) is 0.634. The first-order valence-electron chi connectivity index (χ1n) is 6.23. The van der Waals surface area contributed by atoms with Crippen molar-refractivity contribution in [3.8, 4) is 0 Å². The van der Waals surface area contributed by atoms with Crippen LogP contribution < -0.4 is 5.73 Å². The van der Waals surface area contributed by atoms with Gasteiger partial charge in [0, 0.05) is 12.6 Å². The summed E-state index contributed by atoms with van der Waals surface area (Å²) in [7, 11) is 0. The van der Waals surface area contributed by atoms with E-state index in [1.807, 2.05) is 0 Å². The molecule has 0 bridgehead atoms. The predicted octanol–water partition coefficient (Wildman–Crippen LogP) is 2.24. The van der Waals surface area contributed by atoms with E-state index in [2.05, 4.69) is 18.7 Å². The second-order valence-electron chi connectivity index (χ2n) is 4.67. The van der Waals surface area contributed by atoms with E-state index in [1.54, 1.807) is 0 Å². The molecule has 1 heterocycles. The molecule has 0 spiro atoms. The lowest BCUT2D eigenvalue weighted by atomic mass is 9.94. The maximum atomic E-state index is 5.89. The van der Waals surface area contributed by atoms with Gasteiger partial charge in [-0.2, -0.15) is 0 Å². The van der Waals surface area contributed by atoms with Crippen molar-refractivity contribution in [3.63, 3.8) is 0 Å². The monoisotopic (exact) mass is 198 g/mol. The number of piperidine rings is 1. The van der Waals surface area contributed by atoms with E-state index < -0.39 is 0 Å². The Morgan fingerprint density at radius 1 is 1.21 bits per heavy atom. The van der Waals surface area contributed by atoms with Gasteiger partial charge in [-0.25, -0.2) is 0 Å². The minimum Gasteiger partial charge on any atom is -0.329 e. The van der Waals surface area contributed by atoms with Crippen LogP contribution in [-0.2, 0) is 0 Å². The lowest BCUT2D eigenvalue weighted by Gasteiger charge is -2.37.